The van der Waals surface area contributed by atoms with Gasteiger partial charge in [0.15, 0.2) is 5.88 Å². The molecule has 1 heterocycles. The Morgan fingerprint density at radius 2 is 1.71 bits per heavy atom. The molecule has 3 N–H and O–H groups in total. The van der Waals surface area contributed by atoms with Crippen molar-refractivity contribution in [3.05, 3.63) is 124 Å². The third kappa shape index (κ3) is 6.11. The molecule has 0 unspecified atom stereocenters. The zero-order valence-corrected chi connectivity index (χ0v) is 23.1. The van der Waals surface area contributed by atoms with Crippen LogP contribution in [-0.4, -0.2) is 48.1 Å². The molecule has 0 aliphatic heterocycles. The first-order chi connectivity index (χ1) is 19.6. The van der Waals surface area contributed by atoms with Crippen LogP contribution in [0.3, 0.4) is 0 Å². The third-order valence-electron chi connectivity index (χ3n) is 6.33. The molecule has 0 atom stereocenters. The summed E-state index contributed by atoms with van der Waals surface area (Å²) in [5, 5.41) is 22.7. The highest BCUT2D eigenvalue weighted by Gasteiger charge is 2.21. The van der Waals surface area contributed by atoms with E-state index in [1.807, 2.05) is 68.7 Å². The lowest BCUT2D eigenvalue weighted by atomic mass is 10.0. The highest BCUT2D eigenvalue weighted by atomic mass is 32.2. The van der Waals surface area contributed by atoms with Gasteiger partial charge in [0.1, 0.15) is 0 Å². The van der Waals surface area contributed by atoms with E-state index in [4.69, 9.17) is 4.99 Å². The van der Waals surface area contributed by atoms with Gasteiger partial charge < -0.3 is 15.0 Å². The molecule has 10 nitrogen and oxygen atoms in total. The third-order valence-corrected chi connectivity index (χ3v) is 7.71. The summed E-state index contributed by atoms with van der Waals surface area (Å²) in [6.07, 6.45) is 0. The number of fused-ring (bicyclic) bond motifs is 1. The molecule has 0 aliphatic carbocycles. The summed E-state index contributed by atoms with van der Waals surface area (Å²) in [5.74, 6) is -0.120. The van der Waals surface area contributed by atoms with Crippen LogP contribution in [0.2, 0.25) is 0 Å². The fraction of sp³-hybridized carbons (Fsp3) is 0.100. The number of nitrogens with zero attached hydrogens (tertiary/aromatic N) is 3. The Morgan fingerprint density at radius 1 is 0.976 bits per heavy atom. The molecule has 0 saturated heterocycles. The SMILES string of the molecule is CN(C)Cc1ccc(N=C(c2ccccc2)c2c(O)[nH]c3ccc(NS(=O)(=O)c4cccc([N+](=O)[O-])c4)cc23)cc1. The maximum atomic E-state index is 13.1. The van der Waals surface area contributed by atoms with Gasteiger partial charge in [-0.25, -0.2) is 13.4 Å². The van der Waals surface area contributed by atoms with Gasteiger partial charge in [-0.05, 0) is 56.1 Å². The number of aromatic nitrogens is 1. The fourth-order valence-corrected chi connectivity index (χ4v) is 5.58. The number of rotatable bonds is 9. The van der Waals surface area contributed by atoms with Crippen molar-refractivity contribution < 1.29 is 18.4 Å². The molecule has 0 saturated carbocycles. The molecule has 208 valence electrons. The molecule has 41 heavy (non-hydrogen) atoms. The van der Waals surface area contributed by atoms with E-state index >= 15 is 0 Å². The molecule has 0 aliphatic rings. The summed E-state index contributed by atoms with van der Waals surface area (Å²) in [5.41, 5.74) is 3.91. The Balaban J connectivity index is 1.58. The highest BCUT2D eigenvalue weighted by molar-refractivity contribution is 7.92. The molecule has 0 spiro atoms. The Hall–Kier alpha value is -5.00. The van der Waals surface area contributed by atoms with Crippen LogP contribution in [0.1, 0.15) is 16.7 Å². The number of hydrogen-bond acceptors (Lipinski definition) is 7. The van der Waals surface area contributed by atoms with Crippen LogP contribution in [0.15, 0.2) is 107 Å². The standard InChI is InChI=1S/C30H27N5O5S/c1-34(2)19-20-11-13-22(14-12-20)31-29(21-7-4-3-5-8-21)28-26-17-23(15-16-27(26)32-30(28)36)33-41(39,40)25-10-6-9-24(18-25)35(37)38/h3-18,32-33,36H,19H2,1-2H3. The number of hydrogen-bond donors (Lipinski definition) is 3. The number of benzene rings is 4. The lowest BCUT2D eigenvalue weighted by molar-refractivity contribution is -0.385. The zero-order valence-electron chi connectivity index (χ0n) is 22.3. The Morgan fingerprint density at radius 3 is 2.39 bits per heavy atom. The minimum Gasteiger partial charge on any atom is -0.494 e. The van der Waals surface area contributed by atoms with E-state index in [0.717, 1.165) is 23.7 Å². The van der Waals surface area contributed by atoms with Crippen molar-refractivity contribution in [1.82, 2.24) is 9.88 Å². The molecule has 0 radical (unpaired) electrons. The average molecular weight is 570 g/mol. The molecule has 1 aromatic heterocycles. The summed E-state index contributed by atoms with van der Waals surface area (Å²) in [7, 11) is -0.144. The van der Waals surface area contributed by atoms with Crippen molar-refractivity contribution in [3.8, 4) is 5.88 Å². The van der Waals surface area contributed by atoms with Gasteiger partial charge in [0.25, 0.3) is 15.7 Å². The van der Waals surface area contributed by atoms with Crippen LogP contribution in [0.5, 0.6) is 5.88 Å². The fourth-order valence-electron chi connectivity index (χ4n) is 4.49. The molecule has 0 bridgehead atoms. The van der Waals surface area contributed by atoms with Crippen LogP contribution in [-0.2, 0) is 16.6 Å². The van der Waals surface area contributed by atoms with E-state index in [9.17, 15) is 23.6 Å². The van der Waals surface area contributed by atoms with E-state index in [0.29, 0.717) is 27.9 Å². The Labute approximate surface area is 236 Å². The lowest BCUT2D eigenvalue weighted by Crippen LogP contribution is -2.13. The van der Waals surface area contributed by atoms with E-state index in [1.165, 1.54) is 18.2 Å². The van der Waals surface area contributed by atoms with Crippen molar-refractivity contribution in [2.75, 3.05) is 18.8 Å². The van der Waals surface area contributed by atoms with Crippen LogP contribution < -0.4 is 4.72 Å². The summed E-state index contributed by atoms with van der Waals surface area (Å²) >= 11 is 0. The van der Waals surface area contributed by atoms with Gasteiger partial charge in [0.05, 0.1) is 26.8 Å². The first-order valence-electron chi connectivity index (χ1n) is 12.6. The molecular weight excluding hydrogens is 542 g/mol. The van der Waals surface area contributed by atoms with Gasteiger partial charge in [-0.2, -0.15) is 0 Å². The summed E-state index contributed by atoms with van der Waals surface area (Å²) < 4.78 is 28.6. The van der Waals surface area contributed by atoms with Crippen molar-refractivity contribution in [3.63, 3.8) is 0 Å². The number of anilines is 1. The van der Waals surface area contributed by atoms with Crippen molar-refractivity contribution in [2.24, 2.45) is 4.99 Å². The average Bonchev–Trinajstić information content (AvgIpc) is 3.27. The second kappa shape index (κ2) is 11.2. The number of aromatic amines is 1. The number of nitro groups is 1. The summed E-state index contributed by atoms with van der Waals surface area (Å²) in [6, 6.07) is 26.8. The van der Waals surface area contributed by atoms with Gasteiger partial charge in [-0.15, -0.1) is 0 Å². The molecular formula is C30H27N5O5S. The molecule has 0 fully saturated rings. The molecule has 0 amide bonds. The maximum absolute atomic E-state index is 13.1. The van der Waals surface area contributed by atoms with Crippen LogP contribution in [0.4, 0.5) is 17.1 Å². The summed E-state index contributed by atoms with van der Waals surface area (Å²) in [6.45, 7) is 0.786. The highest BCUT2D eigenvalue weighted by Crippen LogP contribution is 2.34. The van der Waals surface area contributed by atoms with Crippen molar-refractivity contribution in [2.45, 2.75) is 11.4 Å². The van der Waals surface area contributed by atoms with E-state index in [1.54, 1.807) is 18.2 Å². The Kier molecular flexibility index (Phi) is 7.56. The number of sulfonamides is 1. The van der Waals surface area contributed by atoms with E-state index in [2.05, 4.69) is 14.6 Å². The minimum atomic E-state index is -4.14. The number of H-pyrrole nitrogens is 1. The summed E-state index contributed by atoms with van der Waals surface area (Å²) in [4.78, 5) is 20.2. The van der Waals surface area contributed by atoms with Gasteiger partial charge in [-0.3, -0.25) is 14.8 Å². The van der Waals surface area contributed by atoms with Crippen LogP contribution >= 0.6 is 0 Å². The van der Waals surface area contributed by atoms with E-state index in [-0.39, 0.29) is 22.2 Å². The second-order valence-electron chi connectivity index (χ2n) is 9.70. The molecule has 4 aromatic carbocycles. The van der Waals surface area contributed by atoms with Gasteiger partial charge in [0, 0.05) is 40.8 Å². The topological polar surface area (TPSA) is 141 Å². The van der Waals surface area contributed by atoms with Crippen molar-refractivity contribution in [1.29, 1.82) is 0 Å². The van der Waals surface area contributed by atoms with Crippen LogP contribution in [0.25, 0.3) is 10.9 Å². The first kappa shape index (κ1) is 27.6. The second-order valence-corrected chi connectivity index (χ2v) is 11.4. The van der Waals surface area contributed by atoms with Crippen molar-refractivity contribution >= 4 is 43.7 Å². The predicted molar refractivity (Wildman–Crippen MR) is 159 cm³/mol. The first-order valence-corrected chi connectivity index (χ1v) is 14.1. The minimum absolute atomic E-state index is 0.120. The number of nitrogens with one attached hydrogen (secondary N) is 2. The van der Waals surface area contributed by atoms with Crippen LogP contribution in [0, 0.1) is 10.1 Å². The number of nitro benzene ring substituents is 1. The molecule has 11 heteroatoms. The lowest BCUT2D eigenvalue weighted by Gasteiger charge is -2.11. The van der Waals surface area contributed by atoms with Gasteiger partial charge in [0.2, 0.25) is 0 Å². The smallest absolute Gasteiger partial charge is 0.270 e. The Bertz CT molecular complexity index is 1870. The quantitative estimate of drug-likeness (QED) is 0.116. The number of non-ortho nitro benzene ring substituents is 1. The largest absolute Gasteiger partial charge is 0.494 e. The molecule has 5 aromatic rings. The van der Waals surface area contributed by atoms with Gasteiger partial charge >= 0.3 is 0 Å². The number of aromatic hydroxyl groups is 1. The zero-order chi connectivity index (χ0) is 29.1. The normalized spacial score (nSPS) is 12.1. The maximum Gasteiger partial charge on any atom is 0.270 e. The molecule has 5 rings (SSSR count). The predicted octanol–water partition coefficient (Wildman–Crippen LogP) is 5.81. The van der Waals surface area contributed by atoms with E-state index < -0.39 is 14.9 Å². The van der Waals surface area contributed by atoms with Gasteiger partial charge in [-0.1, -0.05) is 48.5 Å². The number of aliphatic imine (C=N–C) groups is 1. The monoisotopic (exact) mass is 569 g/mol.